The molecule has 1 aromatic heterocycles. The summed E-state index contributed by atoms with van der Waals surface area (Å²) < 4.78 is 27.1. The first kappa shape index (κ1) is 18.5. The zero-order valence-electron chi connectivity index (χ0n) is 13.9. The Kier molecular flexibility index (Phi) is 6.01. The van der Waals surface area contributed by atoms with Crippen molar-refractivity contribution < 1.29 is 17.4 Å². The molecule has 24 heavy (non-hydrogen) atoms. The number of thiophene rings is 1. The maximum atomic E-state index is 12.6. The first-order valence-electron chi connectivity index (χ1n) is 7.56. The highest BCUT2D eigenvalue weighted by molar-refractivity contribution is 7.86. The average Bonchev–Trinajstić information content (AvgIpc) is 3.00. The second-order valence-corrected chi connectivity index (χ2v) is 8.51. The first-order chi connectivity index (χ1) is 11.2. The van der Waals surface area contributed by atoms with Crippen molar-refractivity contribution in [1.82, 2.24) is 4.90 Å². The Bertz CT molecular complexity index is 765. The number of rotatable bonds is 7. The summed E-state index contributed by atoms with van der Waals surface area (Å²) in [6.07, 6.45) is 1.00. The molecule has 1 amide bonds. The maximum Gasteiger partial charge on any atom is 0.306 e. The summed E-state index contributed by atoms with van der Waals surface area (Å²) in [5.41, 5.74) is 0.918. The second kappa shape index (κ2) is 7.81. The van der Waals surface area contributed by atoms with Gasteiger partial charge in [0.1, 0.15) is 5.75 Å². The van der Waals surface area contributed by atoms with E-state index in [9.17, 15) is 13.2 Å². The van der Waals surface area contributed by atoms with Crippen molar-refractivity contribution in [3.05, 3.63) is 52.2 Å². The monoisotopic (exact) mass is 367 g/mol. The van der Waals surface area contributed by atoms with Crippen LogP contribution < -0.4 is 4.18 Å². The van der Waals surface area contributed by atoms with Crippen molar-refractivity contribution in [2.75, 3.05) is 12.8 Å². The molecule has 7 heteroatoms. The molecule has 0 saturated heterocycles. The summed E-state index contributed by atoms with van der Waals surface area (Å²) in [7, 11) is -3.54. The van der Waals surface area contributed by atoms with Crippen molar-refractivity contribution >= 4 is 27.4 Å². The molecule has 1 aromatic carbocycles. The average molecular weight is 367 g/mol. The van der Waals surface area contributed by atoms with Crippen molar-refractivity contribution in [3.63, 3.8) is 0 Å². The molecular formula is C17H21NO4S2. The van der Waals surface area contributed by atoms with Crippen LogP contribution in [0.5, 0.6) is 5.75 Å². The Hall–Kier alpha value is -1.86. The van der Waals surface area contributed by atoms with Crippen molar-refractivity contribution in [3.8, 4) is 5.75 Å². The fourth-order valence-corrected chi connectivity index (χ4v) is 3.41. The largest absolute Gasteiger partial charge is 0.383 e. The van der Waals surface area contributed by atoms with E-state index >= 15 is 0 Å². The van der Waals surface area contributed by atoms with E-state index in [1.807, 2.05) is 22.4 Å². The molecular weight excluding hydrogens is 346 g/mol. The summed E-state index contributed by atoms with van der Waals surface area (Å²) in [5, 5.41) is 1.89. The van der Waals surface area contributed by atoms with Crippen LogP contribution >= 0.6 is 11.3 Å². The molecule has 0 aliphatic heterocycles. The lowest BCUT2D eigenvalue weighted by atomic mass is 10.1. The number of hydrogen-bond donors (Lipinski definition) is 0. The molecule has 0 aliphatic carbocycles. The van der Waals surface area contributed by atoms with E-state index in [2.05, 4.69) is 13.8 Å². The highest BCUT2D eigenvalue weighted by Crippen LogP contribution is 2.19. The minimum atomic E-state index is -3.54. The quantitative estimate of drug-likeness (QED) is 0.704. The van der Waals surface area contributed by atoms with E-state index in [4.69, 9.17) is 4.18 Å². The van der Waals surface area contributed by atoms with Crippen LogP contribution in [-0.2, 0) is 16.7 Å². The van der Waals surface area contributed by atoms with Crippen LogP contribution in [0.15, 0.2) is 41.8 Å². The number of carbonyl (C=O) groups excluding carboxylic acids is 1. The number of nitrogens with zero attached hydrogens (tertiary/aromatic N) is 1. The van der Waals surface area contributed by atoms with Gasteiger partial charge in [0.15, 0.2) is 0 Å². The molecule has 0 aliphatic rings. The number of hydrogen-bond acceptors (Lipinski definition) is 5. The van der Waals surface area contributed by atoms with Gasteiger partial charge < -0.3 is 9.08 Å². The van der Waals surface area contributed by atoms with Gasteiger partial charge >= 0.3 is 10.1 Å². The Morgan fingerprint density at radius 2 is 1.88 bits per heavy atom. The lowest BCUT2D eigenvalue weighted by Gasteiger charge is -2.24. The molecule has 0 bridgehead atoms. The number of benzene rings is 1. The fraction of sp³-hybridized carbons (Fsp3) is 0.353. The second-order valence-electron chi connectivity index (χ2n) is 5.99. The molecule has 0 spiro atoms. The SMILES string of the molecule is CC(C)CN(Cc1ccc(OS(C)(=O)=O)cc1)C(=O)c1cccs1. The van der Waals surface area contributed by atoms with Gasteiger partial charge in [0.2, 0.25) is 0 Å². The van der Waals surface area contributed by atoms with Gasteiger partial charge in [0.25, 0.3) is 5.91 Å². The molecule has 0 atom stereocenters. The minimum Gasteiger partial charge on any atom is -0.383 e. The third-order valence-corrected chi connectivity index (χ3v) is 4.50. The molecule has 0 radical (unpaired) electrons. The van der Waals surface area contributed by atoms with Crippen LogP contribution in [0.3, 0.4) is 0 Å². The molecule has 2 rings (SSSR count). The van der Waals surface area contributed by atoms with Gasteiger partial charge in [-0.25, -0.2) is 0 Å². The van der Waals surface area contributed by atoms with E-state index in [-0.39, 0.29) is 11.7 Å². The zero-order valence-corrected chi connectivity index (χ0v) is 15.6. The van der Waals surface area contributed by atoms with Gasteiger partial charge in [0, 0.05) is 13.1 Å². The number of carbonyl (C=O) groups is 1. The van der Waals surface area contributed by atoms with E-state index in [0.29, 0.717) is 23.9 Å². The van der Waals surface area contributed by atoms with Crippen LogP contribution in [0.25, 0.3) is 0 Å². The van der Waals surface area contributed by atoms with Crippen LogP contribution in [0.4, 0.5) is 0 Å². The van der Waals surface area contributed by atoms with E-state index in [0.717, 1.165) is 11.8 Å². The molecule has 130 valence electrons. The molecule has 0 fully saturated rings. The molecule has 0 saturated carbocycles. The summed E-state index contributed by atoms with van der Waals surface area (Å²) in [5.74, 6) is 0.623. The fourth-order valence-electron chi connectivity index (χ4n) is 2.26. The predicted octanol–water partition coefficient (Wildman–Crippen LogP) is 3.38. The standard InChI is InChI=1S/C17H21NO4S2/c1-13(2)11-18(17(19)16-5-4-10-23-16)12-14-6-8-15(9-7-14)22-24(3,20)21/h4-10,13H,11-12H2,1-3H3. The van der Waals surface area contributed by atoms with Gasteiger partial charge in [-0.2, -0.15) is 8.42 Å². The predicted molar refractivity (Wildman–Crippen MR) is 95.8 cm³/mol. The summed E-state index contributed by atoms with van der Waals surface area (Å²) in [4.78, 5) is 15.2. The minimum absolute atomic E-state index is 0.00941. The maximum absolute atomic E-state index is 12.6. The molecule has 0 unspecified atom stereocenters. The molecule has 2 aromatic rings. The van der Waals surface area contributed by atoms with Gasteiger partial charge in [-0.05, 0) is 35.1 Å². The van der Waals surface area contributed by atoms with E-state index < -0.39 is 10.1 Å². The highest BCUT2D eigenvalue weighted by atomic mass is 32.2. The Morgan fingerprint density at radius 3 is 2.38 bits per heavy atom. The third-order valence-electron chi connectivity index (χ3n) is 3.15. The number of amides is 1. The van der Waals surface area contributed by atoms with Gasteiger partial charge in [-0.3, -0.25) is 4.79 Å². The van der Waals surface area contributed by atoms with Crippen LogP contribution in [0.2, 0.25) is 0 Å². The van der Waals surface area contributed by atoms with Crippen LogP contribution in [-0.4, -0.2) is 32.0 Å². The van der Waals surface area contributed by atoms with Gasteiger partial charge in [0.05, 0.1) is 11.1 Å². The van der Waals surface area contributed by atoms with Crippen molar-refractivity contribution in [1.29, 1.82) is 0 Å². The normalized spacial score (nSPS) is 11.5. The van der Waals surface area contributed by atoms with E-state index in [1.165, 1.54) is 11.3 Å². The van der Waals surface area contributed by atoms with Crippen molar-refractivity contribution in [2.24, 2.45) is 5.92 Å². The van der Waals surface area contributed by atoms with E-state index in [1.54, 1.807) is 24.3 Å². The lowest BCUT2D eigenvalue weighted by Crippen LogP contribution is -2.33. The summed E-state index contributed by atoms with van der Waals surface area (Å²) >= 11 is 1.43. The first-order valence-corrected chi connectivity index (χ1v) is 10.3. The Balaban J connectivity index is 2.13. The Labute approximate surface area is 147 Å². The lowest BCUT2D eigenvalue weighted by molar-refractivity contribution is 0.0727. The molecule has 1 heterocycles. The molecule has 5 nitrogen and oxygen atoms in total. The Morgan fingerprint density at radius 1 is 1.21 bits per heavy atom. The topological polar surface area (TPSA) is 63.7 Å². The van der Waals surface area contributed by atoms with Gasteiger partial charge in [-0.1, -0.05) is 32.0 Å². The molecule has 0 N–H and O–H groups in total. The summed E-state index contributed by atoms with van der Waals surface area (Å²) in [6, 6.07) is 10.4. The summed E-state index contributed by atoms with van der Waals surface area (Å²) in [6.45, 7) is 5.25. The van der Waals surface area contributed by atoms with Crippen LogP contribution in [0.1, 0.15) is 29.1 Å². The smallest absolute Gasteiger partial charge is 0.306 e. The van der Waals surface area contributed by atoms with Crippen LogP contribution in [0, 0.1) is 5.92 Å². The zero-order chi connectivity index (χ0) is 17.7. The van der Waals surface area contributed by atoms with Gasteiger partial charge in [-0.15, -0.1) is 11.3 Å². The highest BCUT2D eigenvalue weighted by Gasteiger charge is 2.18. The van der Waals surface area contributed by atoms with Crippen molar-refractivity contribution in [2.45, 2.75) is 20.4 Å². The third kappa shape index (κ3) is 5.65.